The molecule has 4 unspecified atom stereocenters. The van der Waals surface area contributed by atoms with E-state index < -0.39 is 24.5 Å². The summed E-state index contributed by atoms with van der Waals surface area (Å²) in [6, 6.07) is 0. The SMILES string of the molecule is COCCOC1C(O)C(COC)OC1n1cnc2c(N)ncnc21. The maximum Gasteiger partial charge on any atom is 0.167 e. The minimum atomic E-state index is -0.858. The quantitative estimate of drug-likeness (QED) is 0.632. The number of hydrogen-bond donors (Lipinski definition) is 2. The van der Waals surface area contributed by atoms with Gasteiger partial charge in [0.1, 0.15) is 30.2 Å². The van der Waals surface area contributed by atoms with E-state index in [-0.39, 0.29) is 12.4 Å². The van der Waals surface area contributed by atoms with Gasteiger partial charge in [-0.3, -0.25) is 4.57 Å². The molecule has 10 heteroatoms. The van der Waals surface area contributed by atoms with Crippen molar-refractivity contribution in [3.63, 3.8) is 0 Å². The van der Waals surface area contributed by atoms with E-state index in [1.54, 1.807) is 25.1 Å². The third kappa shape index (κ3) is 3.06. The van der Waals surface area contributed by atoms with Gasteiger partial charge in [-0.15, -0.1) is 0 Å². The van der Waals surface area contributed by atoms with Crippen LogP contribution in [-0.4, -0.2) is 77.0 Å². The summed E-state index contributed by atoms with van der Waals surface area (Å²) in [5.41, 5.74) is 6.80. The van der Waals surface area contributed by atoms with Crippen molar-refractivity contribution in [2.24, 2.45) is 0 Å². The lowest BCUT2D eigenvalue weighted by molar-refractivity contribution is -0.0797. The van der Waals surface area contributed by atoms with Crippen molar-refractivity contribution < 1.29 is 24.1 Å². The van der Waals surface area contributed by atoms with Crippen molar-refractivity contribution in [3.8, 4) is 0 Å². The minimum Gasteiger partial charge on any atom is -0.387 e. The van der Waals surface area contributed by atoms with Crippen LogP contribution < -0.4 is 5.73 Å². The predicted molar refractivity (Wildman–Crippen MR) is 83.1 cm³/mol. The van der Waals surface area contributed by atoms with E-state index in [2.05, 4.69) is 15.0 Å². The van der Waals surface area contributed by atoms with Gasteiger partial charge >= 0.3 is 0 Å². The molecule has 1 aliphatic heterocycles. The standard InChI is InChI=1S/C14H21N5O5/c1-21-3-4-23-11-10(20)8(5-22-2)24-14(11)19-7-18-9-12(15)16-6-17-13(9)19/h6-8,10-11,14,20H,3-5H2,1-2H3,(H2,15,16,17). The second kappa shape index (κ2) is 7.36. The normalized spacial score (nSPS) is 27.1. The number of aromatic nitrogens is 4. The Morgan fingerprint density at radius 1 is 1.25 bits per heavy atom. The first kappa shape index (κ1) is 17.0. The van der Waals surface area contributed by atoms with Crippen molar-refractivity contribution in [1.82, 2.24) is 19.5 Å². The van der Waals surface area contributed by atoms with Gasteiger partial charge in [-0.1, -0.05) is 0 Å². The molecule has 1 aliphatic rings. The summed E-state index contributed by atoms with van der Waals surface area (Å²) in [6.45, 7) is 0.970. The Bertz CT molecular complexity index is 681. The largest absolute Gasteiger partial charge is 0.387 e. The molecule has 2 aromatic heterocycles. The van der Waals surface area contributed by atoms with Gasteiger partial charge in [0.15, 0.2) is 17.7 Å². The van der Waals surface area contributed by atoms with Gasteiger partial charge in [0.25, 0.3) is 0 Å². The zero-order valence-corrected chi connectivity index (χ0v) is 13.5. The maximum absolute atomic E-state index is 10.5. The number of rotatable bonds is 7. The molecule has 0 spiro atoms. The first-order valence-corrected chi connectivity index (χ1v) is 7.53. The number of ether oxygens (including phenoxy) is 4. The highest BCUT2D eigenvalue weighted by molar-refractivity contribution is 5.81. The lowest BCUT2D eigenvalue weighted by atomic mass is 10.1. The van der Waals surface area contributed by atoms with Crippen LogP contribution in [0.4, 0.5) is 5.82 Å². The molecular formula is C14H21N5O5. The number of aliphatic hydroxyl groups excluding tert-OH is 1. The van der Waals surface area contributed by atoms with E-state index in [1.807, 2.05) is 0 Å². The number of imidazole rings is 1. The van der Waals surface area contributed by atoms with Gasteiger partial charge in [0.2, 0.25) is 0 Å². The predicted octanol–water partition coefficient (Wildman–Crippen LogP) is -0.655. The van der Waals surface area contributed by atoms with Gasteiger partial charge in [-0.05, 0) is 0 Å². The number of nitrogens with zero attached hydrogens (tertiary/aromatic N) is 4. The van der Waals surface area contributed by atoms with Crippen LogP contribution in [0.1, 0.15) is 6.23 Å². The minimum absolute atomic E-state index is 0.242. The Hall–Kier alpha value is -1.85. The average Bonchev–Trinajstić information content (AvgIpc) is 3.12. The van der Waals surface area contributed by atoms with Gasteiger partial charge < -0.3 is 29.8 Å². The van der Waals surface area contributed by atoms with Crippen molar-refractivity contribution in [2.75, 3.05) is 39.8 Å². The van der Waals surface area contributed by atoms with E-state index in [4.69, 9.17) is 24.7 Å². The molecule has 0 bridgehead atoms. The fraction of sp³-hybridized carbons (Fsp3) is 0.643. The Balaban J connectivity index is 1.91. The molecule has 1 saturated heterocycles. The molecule has 3 rings (SSSR count). The molecular weight excluding hydrogens is 318 g/mol. The number of aliphatic hydroxyl groups is 1. The highest BCUT2D eigenvalue weighted by Gasteiger charge is 2.46. The Kier molecular flexibility index (Phi) is 5.21. The van der Waals surface area contributed by atoms with Crippen molar-refractivity contribution >= 4 is 17.0 Å². The molecule has 24 heavy (non-hydrogen) atoms. The van der Waals surface area contributed by atoms with Crippen LogP contribution in [0.2, 0.25) is 0 Å². The second-order valence-electron chi connectivity index (χ2n) is 5.42. The molecule has 3 N–H and O–H groups in total. The average molecular weight is 339 g/mol. The fourth-order valence-corrected chi connectivity index (χ4v) is 2.75. The van der Waals surface area contributed by atoms with Crippen LogP contribution in [0.5, 0.6) is 0 Å². The third-order valence-corrected chi connectivity index (χ3v) is 3.90. The lowest BCUT2D eigenvalue weighted by Crippen LogP contribution is -2.36. The van der Waals surface area contributed by atoms with Gasteiger partial charge in [0, 0.05) is 14.2 Å². The highest BCUT2D eigenvalue weighted by Crippen LogP contribution is 2.34. The number of anilines is 1. The summed E-state index contributed by atoms with van der Waals surface area (Å²) in [7, 11) is 3.13. The first-order valence-electron chi connectivity index (χ1n) is 7.53. The van der Waals surface area contributed by atoms with Crippen LogP contribution in [0, 0.1) is 0 Å². The fourth-order valence-electron chi connectivity index (χ4n) is 2.75. The molecule has 3 heterocycles. The molecule has 0 saturated carbocycles. The van der Waals surface area contributed by atoms with Gasteiger partial charge in [-0.2, -0.15) is 0 Å². The van der Waals surface area contributed by atoms with Crippen molar-refractivity contribution in [1.29, 1.82) is 0 Å². The summed E-state index contributed by atoms with van der Waals surface area (Å²) in [4.78, 5) is 12.4. The number of nitrogens with two attached hydrogens (primary N) is 1. The Morgan fingerprint density at radius 3 is 2.83 bits per heavy atom. The monoisotopic (exact) mass is 339 g/mol. The Labute approximate surface area is 138 Å². The van der Waals surface area contributed by atoms with Crippen LogP contribution in [0.3, 0.4) is 0 Å². The number of hydrogen-bond acceptors (Lipinski definition) is 9. The van der Waals surface area contributed by atoms with E-state index in [9.17, 15) is 5.11 Å². The van der Waals surface area contributed by atoms with Gasteiger partial charge in [0.05, 0.1) is 26.1 Å². The highest BCUT2D eigenvalue weighted by atomic mass is 16.6. The first-order chi connectivity index (χ1) is 11.7. The summed E-state index contributed by atoms with van der Waals surface area (Å²) < 4.78 is 23.5. The molecule has 0 amide bonds. The van der Waals surface area contributed by atoms with Crippen molar-refractivity contribution in [2.45, 2.75) is 24.5 Å². The molecule has 10 nitrogen and oxygen atoms in total. The van der Waals surface area contributed by atoms with E-state index in [0.717, 1.165) is 0 Å². The number of fused-ring (bicyclic) bond motifs is 1. The molecule has 1 fully saturated rings. The summed E-state index contributed by atoms with van der Waals surface area (Å²) in [5, 5.41) is 10.5. The van der Waals surface area contributed by atoms with E-state index >= 15 is 0 Å². The maximum atomic E-state index is 10.5. The second-order valence-corrected chi connectivity index (χ2v) is 5.42. The van der Waals surface area contributed by atoms with E-state index in [0.29, 0.717) is 24.4 Å². The summed E-state index contributed by atoms with van der Waals surface area (Å²) >= 11 is 0. The van der Waals surface area contributed by atoms with Crippen LogP contribution in [-0.2, 0) is 18.9 Å². The lowest BCUT2D eigenvalue weighted by Gasteiger charge is -2.21. The summed E-state index contributed by atoms with van der Waals surface area (Å²) in [6.07, 6.45) is 0.293. The molecule has 0 aliphatic carbocycles. The zero-order valence-electron chi connectivity index (χ0n) is 13.5. The van der Waals surface area contributed by atoms with Crippen LogP contribution >= 0.6 is 0 Å². The topological polar surface area (TPSA) is 127 Å². The van der Waals surface area contributed by atoms with Crippen LogP contribution in [0.15, 0.2) is 12.7 Å². The van der Waals surface area contributed by atoms with Crippen molar-refractivity contribution in [3.05, 3.63) is 12.7 Å². The molecule has 4 atom stereocenters. The summed E-state index contributed by atoms with van der Waals surface area (Å²) in [5.74, 6) is 0.280. The number of nitrogen functional groups attached to an aromatic ring is 1. The number of methoxy groups -OCH3 is 2. The third-order valence-electron chi connectivity index (χ3n) is 3.90. The molecule has 132 valence electrons. The van der Waals surface area contributed by atoms with Gasteiger partial charge in [-0.25, -0.2) is 15.0 Å². The molecule has 2 aromatic rings. The Morgan fingerprint density at radius 2 is 2.08 bits per heavy atom. The molecule has 0 radical (unpaired) electrons. The van der Waals surface area contributed by atoms with Crippen LogP contribution in [0.25, 0.3) is 11.2 Å². The zero-order chi connectivity index (χ0) is 17.1. The van der Waals surface area contributed by atoms with E-state index in [1.165, 1.54) is 6.33 Å². The smallest absolute Gasteiger partial charge is 0.167 e. The molecule has 0 aromatic carbocycles.